The van der Waals surface area contributed by atoms with E-state index < -0.39 is 0 Å². The van der Waals surface area contributed by atoms with Crippen molar-refractivity contribution in [3.05, 3.63) is 95.0 Å². The van der Waals surface area contributed by atoms with E-state index in [4.69, 9.17) is 11.6 Å². The number of hydrazone groups is 1. The monoisotopic (exact) mass is 517 g/mol. The molecule has 0 bridgehead atoms. The molecule has 0 saturated heterocycles. The fourth-order valence-corrected chi connectivity index (χ4v) is 4.62. The van der Waals surface area contributed by atoms with Crippen LogP contribution in [0.4, 0.5) is 0 Å². The van der Waals surface area contributed by atoms with Crippen LogP contribution in [0.1, 0.15) is 38.8 Å². The van der Waals surface area contributed by atoms with Gasteiger partial charge >= 0.3 is 0 Å². The second-order valence-corrected chi connectivity index (χ2v) is 10.7. The Labute approximate surface area is 220 Å². The summed E-state index contributed by atoms with van der Waals surface area (Å²) in [4.78, 5) is 12.6. The molecule has 1 N–H and O–H groups in total. The molecule has 4 rings (SSSR count). The molecule has 0 fully saturated rings. The summed E-state index contributed by atoms with van der Waals surface area (Å²) in [7, 11) is 0. The highest BCUT2D eigenvalue weighted by Crippen LogP contribution is 2.30. The van der Waals surface area contributed by atoms with E-state index >= 15 is 0 Å². The number of hydrogen-bond acceptors (Lipinski definition) is 5. The van der Waals surface area contributed by atoms with E-state index in [1.54, 1.807) is 13.0 Å². The van der Waals surface area contributed by atoms with Crippen molar-refractivity contribution in [3.8, 4) is 17.1 Å². The van der Waals surface area contributed by atoms with Gasteiger partial charge in [0, 0.05) is 21.8 Å². The SMILES string of the molecule is C/C(=N\NC(=O)CSc1nnc(-c2ccc(C(C)(C)C)cc2)n1-c1ccccc1)c1ccccc1Cl. The van der Waals surface area contributed by atoms with E-state index in [0.717, 1.165) is 22.6 Å². The third-order valence-electron chi connectivity index (χ3n) is 5.60. The highest BCUT2D eigenvalue weighted by molar-refractivity contribution is 7.99. The molecule has 184 valence electrons. The van der Waals surface area contributed by atoms with Crippen LogP contribution in [0.2, 0.25) is 5.02 Å². The lowest BCUT2D eigenvalue weighted by Crippen LogP contribution is -2.21. The van der Waals surface area contributed by atoms with E-state index in [1.807, 2.05) is 53.1 Å². The Kier molecular flexibility index (Phi) is 7.91. The standard InChI is InChI=1S/C28H28ClN5OS/c1-19(23-12-8-9-13-24(23)29)30-31-25(35)18-36-27-33-32-26(34(27)22-10-6-5-7-11-22)20-14-16-21(17-15-20)28(2,3)4/h5-17H,18H2,1-4H3,(H,31,35)/b30-19+. The third kappa shape index (κ3) is 6.04. The number of carbonyl (C=O) groups is 1. The summed E-state index contributed by atoms with van der Waals surface area (Å²) < 4.78 is 1.97. The Hall–Kier alpha value is -3.42. The van der Waals surface area contributed by atoms with Gasteiger partial charge in [-0.2, -0.15) is 5.10 Å². The van der Waals surface area contributed by atoms with Gasteiger partial charge in [0.1, 0.15) is 0 Å². The lowest BCUT2D eigenvalue weighted by molar-refractivity contribution is -0.118. The minimum atomic E-state index is -0.245. The predicted octanol–water partition coefficient (Wildman–Crippen LogP) is 6.52. The average molecular weight is 518 g/mol. The molecule has 0 unspecified atom stereocenters. The summed E-state index contributed by atoms with van der Waals surface area (Å²) in [6, 6.07) is 25.7. The molecular formula is C28H28ClN5OS. The fraction of sp³-hybridized carbons (Fsp3) is 0.214. The minimum absolute atomic E-state index is 0.0622. The maximum absolute atomic E-state index is 12.6. The van der Waals surface area contributed by atoms with E-state index in [9.17, 15) is 4.79 Å². The van der Waals surface area contributed by atoms with Gasteiger partial charge in [-0.15, -0.1) is 10.2 Å². The normalized spacial score (nSPS) is 12.0. The van der Waals surface area contributed by atoms with Gasteiger partial charge in [-0.05, 0) is 36.1 Å². The molecule has 8 heteroatoms. The molecule has 0 atom stereocenters. The number of nitrogens with one attached hydrogen (secondary N) is 1. The quantitative estimate of drug-likeness (QED) is 0.172. The summed E-state index contributed by atoms with van der Waals surface area (Å²) in [5.74, 6) is 0.606. The predicted molar refractivity (Wildman–Crippen MR) is 148 cm³/mol. The molecule has 0 spiro atoms. The van der Waals surface area contributed by atoms with Crippen molar-refractivity contribution in [1.82, 2.24) is 20.2 Å². The summed E-state index contributed by atoms with van der Waals surface area (Å²) in [5, 5.41) is 14.3. The van der Waals surface area contributed by atoms with Crippen molar-refractivity contribution in [2.24, 2.45) is 5.10 Å². The van der Waals surface area contributed by atoms with Crippen LogP contribution >= 0.6 is 23.4 Å². The van der Waals surface area contributed by atoms with Gasteiger partial charge in [0.15, 0.2) is 11.0 Å². The molecule has 0 radical (unpaired) electrons. The van der Waals surface area contributed by atoms with Gasteiger partial charge in [-0.1, -0.05) is 105 Å². The van der Waals surface area contributed by atoms with Crippen LogP contribution in [-0.2, 0) is 10.2 Å². The zero-order valence-corrected chi connectivity index (χ0v) is 22.3. The van der Waals surface area contributed by atoms with E-state index in [-0.39, 0.29) is 17.1 Å². The van der Waals surface area contributed by atoms with Crippen molar-refractivity contribution < 1.29 is 4.79 Å². The molecule has 0 aliphatic carbocycles. The Morgan fingerprint density at radius 1 is 0.972 bits per heavy atom. The largest absolute Gasteiger partial charge is 0.272 e. The summed E-state index contributed by atoms with van der Waals surface area (Å²) in [6.45, 7) is 8.37. The number of benzene rings is 3. The minimum Gasteiger partial charge on any atom is -0.272 e. The van der Waals surface area contributed by atoms with Crippen LogP contribution in [-0.4, -0.2) is 32.1 Å². The number of thioether (sulfide) groups is 1. The molecule has 1 amide bonds. The average Bonchev–Trinajstić information content (AvgIpc) is 3.30. The van der Waals surface area contributed by atoms with Crippen molar-refractivity contribution in [3.63, 3.8) is 0 Å². The summed E-state index contributed by atoms with van der Waals surface area (Å²) in [6.07, 6.45) is 0. The Balaban J connectivity index is 1.54. The first-order valence-corrected chi connectivity index (χ1v) is 12.9. The number of amides is 1. The van der Waals surface area contributed by atoms with Crippen molar-refractivity contribution in [1.29, 1.82) is 0 Å². The first-order valence-electron chi connectivity index (χ1n) is 11.6. The second-order valence-electron chi connectivity index (χ2n) is 9.31. The highest BCUT2D eigenvalue weighted by Gasteiger charge is 2.19. The van der Waals surface area contributed by atoms with Crippen LogP contribution in [0.25, 0.3) is 17.1 Å². The van der Waals surface area contributed by atoms with E-state index in [1.165, 1.54) is 17.3 Å². The van der Waals surface area contributed by atoms with E-state index in [0.29, 0.717) is 15.9 Å². The van der Waals surface area contributed by atoms with Crippen molar-refractivity contribution in [2.75, 3.05) is 5.75 Å². The summed E-state index contributed by atoms with van der Waals surface area (Å²) in [5.41, 5.74) is 7.20. The van der Waals surface area contributed by atoms with Crippen LogP contribution in [0.15, 0.2) is 89.1 Å². The lowest BCUT2D eigenvalue weighted by atomic mass is 9.87. The van der Waals surface area contributed by atoms with Crippen LogP contribution in [0.5, 0.6) is 0 Å². The number of aromatic nitrogens is 3. The Bertz CT molecular complexity index is 1380. The Morgan fingerprint density at radius 2 is 1.64 bits per heavy atom. The van der Waals surface area contributed by atoms with Crippen LogP contribution < -0.4 is 5.43 Å². The van der Waals surface area contributed by atoms with Gasteiger partial charge in [-0.25, -0.2) is 5.43 Å². The number of hydrogen-bond donors (Lipinski definition) is 1. The highest BCUT2D eigenvalue weighted by atomic mass is 35.5. The molecule has 4 aromatic rings. The zero-order chi connectivity index (χ0) is 25.7. The smallest absolute Gasteiger partial charge is 0.250 e. The molecule has 3 aromatic carbocycles. The van der Waals surface area contributed by atoms with Crippen molar-refractivity contribution >= 4 is 35.0 Å². The molecule has 0 saturated carbocycles. The number of carbonyl (C=O) groups excluding carboxylic acids is 1. The van der Waals surface area contributed by atoms with Gasteiger partial charge in [-0.3, -0.25) is 9.36 Å². The first-order chi connectivity index (χ1) is 17.2. The van der Waals surface area contributed by atoms with Gasteiger partial charge in [0.2, 0.25) is 0 Å². The van der Waals surface area contributed by atoms with Crippen molar-refractivity contribution in [2.45, 2.75) is 38.3 Å². The molecule has 6 nitrogen and oxygen atoms in total. The van der Waals surface area contributed by atoms with Gasteiger partial charge < -0.3 is 0 Å². The van der Waals surface area contributed by atoms with Gasteiger partial charge in [0.05, 0.1) is 11.5 Å². The molecule has 0 aliphatic heterocycles. The number of rotatable bonds is 7. The zero-order valence-electron chi connectivity index (χ0n) is 20.7. The number of nitrogens with zero attached hydrogens (tertiary/aromatic N) is 4. The third-order valence-corrected chi connectivity index (χ3v) is 6.86. The van der Waals surface area contributed by atoms with E-state index in [2.05, 4.69) is 65.8 Å². The molecule has 1 heterocycles. The maximum Gasteiger partial charge on any atom is 0.250 e. The van der Waals surface area contributed by atoms with Crippen LogP contribution in [0, 0.1) is 0 Å². The van der Waals surface area contributed by atoms with Gasteiger partial charge in [0.25, 0.3) is 5.91 Å². The lowest BCUT2D eigenvalue weighted by Gasteiger charge is -2.19. The Morgan fingerprint density at radius 3 is 2.31 bits per heavy atom. The first kappa shape index (κ1) is 25.7. The van der Waals surface area contributed by atoms with Crippen LogP contribution in [0.3, 0.4) is 0 Å². The maximum atomic E-state index is 12.6. The number of halogens is 1. The number of para-hydroxylation sites is 1. The summed E-state index contributed by atoms with van der Waals surface area (Å²) >= 11 is 7.52. The molecule has 36 heavy (non-hydrogen) atoms. The topological polar surface area (TPSA) is 72.2 Å². The molecular weight excluding hydrogens is 490 g/mol. The second kappa shape index (κ2) is 11.1. The fourth-order valence-electron chi connectivity index (χ4n) is 3.60. The molecule has 0 aliphatic rings. The molecule has 1 aromatic heterocycles.